The fourth-order valence-corrected chi connectivity index (χ4v) is 2.86. The van der Waals surface area contributed by atoms with Crippen molar-refractivity contribution in [3.05, 3.63) is 85.2 Å². The Labute approximate surface area is 162 Å². The van der Waals surface area contributed by atoms with Crippen molar-refractivity contribution in [3.63, 3.8) is 0 Å². The van der Waals surface area contributed by atoms with Crippen molar-refractivity contribution in [2.24, 2.45) is 5.10 Å². The smallest absolute Gasteiger partial charge is 0.280 e. The summed E-state index contributed by atoms with van der Waals surface area (Å²) >= 11 is 9.18. The molecule has 0 aliphatic heterocycles. The van der Waals surface area contributed by atoms with Crippen LogP contribution in [0.3, 0.4) is 0 Å². The van der Waals surface area contributed by atoms with Gasteiger partial charge in [0, 0.05) is 20.8 Å². The van der Waals surface area contributed by atoms with Gasteiger partial charge < -0.3 is 0 Å². The zero-order valence-electron chi connectivity index (χ0n) is 13.7. The van der Waals surface area contributed by atoms with Gasteiger partial charge in [-0.15, -0.1) is 0 Å². The number of aromatic amines is 1. The Morgan fingerprint density at radius 1 is 1.27 bits per heavy atom. The molecule has 0 aliphatic carbocycles. The quantitative estimate of drug-likeness (QED) is 0.486. The second-order valence-electron chi connectivity index (χ2n) is 5.48. The maximum atomic E-state index is 12.6. The minimum absolute atomic E-state index is 0.273. The normalized spacial score (nSPS) is 11.0. The number of benzene rings is 2. The molecular formula is C18H14BrClN4O2. The van der Waals surface area contributed by atoms with E-state index in [0.717, 1.165) is 4.47 Å². The third kappa shape index (κ3) is 3.95. The molecule has 0 aliphatic rings. The Morgan fingerprint density at radius 2 is 2.00 bits per heavy atom. The van der Waals surface area contributed by atoms with Crippen molar-refractivity contribution in [1.29, 1.82) is 0 Å². The van der Waals surface area contributed by atoms with Gasteiger partial charge in [0.1, 0.15) is 0 Å². The summed E-state index contributed by atoms with van der Waals surface area (Å²) in [6.45, 7) is 1.76. The number of halogens is 2. The lowest BCUT2D eigenvalue weighted by molar-refractivity contribution is 0.0955. The Hall–Kier alpha value is -2.64. The van der Waals surface area contributed by atoms with Gasteiger partial charge in [-0.2, -0.15) is 5.10 Å². The van der Waals surface area contributed by atoms with Crippen LogP contribution in [0.4, 0.5) is 0 Å². The van der Waals surface area contributed by atoms with E-state index in [9.17, 15) is 9.59 Å². The second-order valence-corrected chi connectivity index (χ2v) is 6.83. The summed E-state index contributed by atoms with van der Waals surface area (Å²) in [6.07, 6.45) is 1.33. The third-order valence-corrected chi connectivity index (χ3v) is 4.39. The molecule has 132 valence electrons. The van der Waals surface area contributed by atoms with Gasteiger partial charge in [0.2, 0.25) is 0 Å². The van der Waals surface area contributed by atoms with Crippen LogP contribution in [0.2, 0.25) is 5.02 Å². The third-order valence-electron chi connectivity index (χ3n) is 3.65. The lowest BCUT2D eigenvalue weighted by atomic mass is 10.2. The largest absolute Gasteiger partial charge is 0.295 e. The van der Waals surface area contributed by atoms with E-state index < -0.39 is 0 Å². The highest BCUT2D eigenvalue weighted by atomic mass is 79.9. The highest BCUT2D eigenvalue weighted by Crippen LogP contribution is 2.13. The predicted octanol–water partition coefficient (Wildman–Crippen LogP) is 3.65. The Morgan fingerprint density at radius 3 is 2.69 bits per heavy atom. The van der Waals surface area contributed by atoms with Gasteiger partial charge in [0.05, 0.1) is 17.5 Å². The first-order valence-corrected chi connectivity index (χ1v) is 8.79. The van der Waals surface area contributed by atoms with Gasteiger partial charge in [-0.3, -0.25) is 14.7 Å². The van der Waals surface area contributed by atoms with E-state index in [2.05, 4.69) is 31.6 Å². The summed E-state index contributed by atoms with van der Waals surface area (Å²) in [5, 5.41) is 7.46. The summed E-state index contributed by atoms with van der Waals surface area (Å²) in [6, 6.07) is 13.8. The topological polar surface area (TPSA) is 79.2 Å². The molecule has 0 bridgehead atoms. The standard InChI is InChI=1S/C18H14BrClN4O2/c1-11-16(10-21-22-17(25)12-3-2-4-13(19)9-12)18(26)24(23-11)15-7-5-14(20)6-8-15/h2-10,23H,1H3,(H,22,25). The van der Waals surface area contributed by atoms with Crippen LogP contribution in [0.1, 0.15) is 21.6 Å². The Balaban J connectivity index is 1.80. The number of nitrogens with one attached hydrogen (secondary N) is 2. The van der Waals surface area contributed by atoms with Gasteiger partial charge >= 0.3 is 0 Å². The van der Waals surface area contributed by atoms with Crippen molar-refractivity contribution in [2.45, 2.75) is 6.92 Å². The molecule has 0 unspecified atom stereocenters. The fraction of sp³-hybridized carbons (Fsp3) is 0.0556. The highest BCUT2D eigenvalue weighted by Gasteiger charge is 2.11. The number of carbonyl (C=O) groups is 1. The molecular weight excluding hydrogens is 420 g/mol. The number of H-pyrrole nitrogens is 1. The van der Waals surface area contributed by atoms with E-state index in [1.165, 1.54) is 10.9 Å². The van der Waals surface area contributed by atoms with Crippen LogP contribution in [-0.4, -0.2) is 21.9 Å². The second kappa shape index (κ2) is 7.72. The average molecular weight is 434 g/mol. The zero-order chi connectivity index (χ0) is 18.7. The molecule has 2 aromatic carbocycles. The molecule has 0 fully saturated rings. The number of aryl methyl sites for hydroxylation is 1. The molecule has 0 radical (unpaired) electrons. The van der Waals surface area contributed by atoms with Crippen molar-refractivity contribution >= 4 is 39.7 Å². The molecule has 6 nitrogen and oxygen atoms in total. The first-order chi connectivity index (χ1) is 12.5. The first kappa shape index (κ1) is 18.2. The Kier molecular flexibility index (Phi) is 5.39. The minimum Gasteiger partial charge on any atom is -0.295 e. The van der Waals surface area contributed by atoms with Crippen molar-refractivity contribution < 1.29 is 4.79 Å². The van der Waals surface area contributed by atoms with E-state index in [0.29, 0.717) is 27.5 Å². The molecule has 0 saturated carbocycles. The number of carbonyl (C=O) groups excluding carboxylic acids is 1. The van der Waals surface area contributed by atoms with Crippen molar-refractivity contribution in [3.8, 4) is 5.69 Å². The van der Waals surface area contributed by atoms with Gasteiger partial charge in [0.25, 0.3) is 11.5 Å². The molecule has 1 amide bonds. The van der Waals surface area contributed by atoms with Crippen LogP contribution in [0, 0.1) is 6.92 Å². The maximum Gasteiger partial charge on any atom is 0.280 e. The Bertz CT molecular complexity index is 1040. The van der Waals surface area contributed by atoms with Crippen LogP contribution in [0.15, 0.2) is 62.9 Å². The van der Waals surface area contributed by atoms with Crippen molar-refractivity contribution in [2.75, 3.05) is 0 Å². The van der Waals surface area contributed by atoms with Crippen LogP contribution in [0.25, 0.3) is 5.69 Å². The van der Waals surface area contributed by atoms with E-state index in [1.54, 1.807) is 49.4 Å². The highest BCUT2D eigenvalue weighted by molar-refractivity contribution is 9.10. The molecule has 1 aromatic heterocycles. The van der Waals surface area contributed by atoms with E-state index >= 15 is 0 Å². The molecule has 0 spiro atoms. The van der Waals surface area contributed by atoms with Crippen LogP contribution in [0.5, 0.6) is 0 Å². The minimum atomic E-state index is -0.367. The van der Waals surface area contributed by atoms with Crippen LogP contribution in [-0.2, 0) is 0 Å². The van der Waals surface area contributed by atoms with Gasteiger partial charge in [-0.05, 0) is 49.4 Å². The van der Waals surface area contributed by atoms with Crippen LogP contribution >= 0.6 is 27.5 Å². The van der Waals surface area contributed by atoms with Gasteiger partial charge in [-0.25, -0.2) is 10.1 Å². The fourth-order valence-electron chi connectivity index (χ4n) is 2.33. The first-order valence-electron chi connectivity index (χ1n) is 7.62. The molecule has 3 aromatic rings. The molecule has 0 atom stereocenters. The zero-order valence-corrected chi connectivity index (χ0v) is 16.0. The molecule has 1 heterocycles. The van der Waals surface area contributed by atoms with Crippen LogP contribution < -0.4 is 11.0 Å². The molecule has 26 heavy (non-hydrogen) atoms. The summed E-state index contributed by atoms with van der Waals surface area (Å²) in [5.41, 5.74) is 4.24. The number of rotatable bonds is 4. The summed E-state index contributed by atoms with van der Waals surface area (Å²) in [7, 11) is 0. The number of hydrogen-bond donors (Lipinski definition) is 2. The molecule has 0 saturated heterocycles. The number of aromatic nitrogens is 2. The summed E-state index contributed by atoms with van der Waals surface area (Å²) in [4.78, 5) is 24.6. The van der Waals surface area contributed by atoms with Gasteiger partial charge in [0.15, 0.2) is 0 Å². The number of hydrogen-bond acceptors (Lipinski definition) is 3. The number of hydrazone groups is 1. The van der Waals surface area contributed by atoms with E-state index in [1.807, 2.05) is 6.07 Å². The SMILES string of the molecule is Cc1[nH]n(-c2ccc(Cl)cc2)c(=O)c1C=NNC(=O)c1cccc(Br)c1. The summed E-state index contributed by atoms with van der Waals surface area (Å²) in [5.74, 6) is -0.367. The van der Waals surface area contributed by atoms with E-state index in [-0.39, 0.29) is 11.5 Å². The van der Waals surface area contributed by atoms with Gasteiger partial charge in [-0.1, -0.05) is 33.6 Å². The monoisotopic (exact) mass is 432 g/mol. The molecule has 2 N–H and O–H groups in total. The lowest BCUT2D eigenvalue weighted by Crippen LogP contribution is -2.20. The molecule has 3 rings (SSSR count). The van der Waals surface area contributed by atoms with Crippen molar-refractivity contribution in [1.82, 2.24) is 15.2 Å². The average Bonchev–Trinajstić information content (AvgIpc) is 2.90. The summed E-state index contributed by atoms with van der Waals surface area (Å²) < 4.78 is 2.19. The van der Waals surface area contributed by atoms with E-state index in [4.69, 9.17) is 11.6 Å². The number of nitrogens with zero attached hydrogens (tertiary/aromatic N) is 2. The lowest BCUT2D eigenvalue weighted by Gasteiger charge is -2.00. The number of amides is 1. The maximum absolute atomic E-state index is 12.6. The molecule has 8 heteroatoms. The predicted molar refractivity (Wildman–Crippen MR) is 105 cm³/mol.